The maximum atomic E-state index is 8.44. The van der Waals surface area contributed by atoms with Gasteiger partial charge < -0.3 is 21.4 Å². The summed E-state index contributed by atoms with van der Waals surface area (Å²) in [5.41, 5.74) is 8.74. The van der Waals surface area contributed by atoms with Crippen LogP contribution in [0, 0.1) is 5.41 Å². The van der Waals surface area contributed by atoms with Gasteiger partial charge >= 0.3 is 0 Å². The van der Waals surface area contributed by atoms with Crippen LogP contribution in [0.15, 0.2) is 47.3 Å². The molecule has 0 amide bonds. The minimum absolute atomic E-state index is 0.0357. The molecule has 0 radical (unpaired) electrons. The van der Waals surface area contributed by atoms with Crippen molar-refractivity contribution in [1.82, 2.24) is 20.5 Å². The second kappa shape index (κ2) is 10.7. The molecule has 0 atom stereocenters. The highest BCUT2D eigenvalue weighted by Gasteiger charge is 2.34. The fraction of sp³-hybridized carbons (Fsp3) is 0.576. The van der Waals surface area contributed by atoms with Gasteiger partial charge in [-0.05, 0) is 116 Å². The lowest BCUT2D eigenvalue weighted by Gasteiger charge is -2.42. The standard InChI is InChI=1S/C33H50N6/c1-21-15-22(2)35-23(3)27(21)16-24-17-29(25-18-32(7,8)38-33(9,10)19-25)37-30(28(24)20-34)36-26-11-13-39(14-12-26)31(4,5)6/h15,17-18,20,26,34-35,38H,3,11-14,16,19H2,1-2,4-10H3,(H,36,37). The zero-order valence-electron chi connectivity index (χ0n) is 25.7. The lowest BCUT2D eigenvalue weighted by atomic mass is 9.82. The van der Waals surface area contributed by atoms with Crippen LogP contribution >= 0.6 is 0 Å². The third-order valence-electron chi connectivity index (χ3n) is 8.22. The third-order valence-corrected chi connectivity index (χ3v) is 8.22. The Hall–Kier alpha value is -2.70. The van der Waals surface area contributed by atoms with Crippen LogP contribution in [0.3, 0.4) is 0 Å². The number of anilines is 1. The van der Waals surface area contributed by atoms with Crippen molar-refractivity contribution in [2.45, 2.75) is 111 Å². The number of rotatable bonds is 6. The SMILES string of the molecule is C=C1NC(C)=CC(C)=C1Cc1cc(C2=CC(C)(C)NC(C)(C)C2)nc(NC2CCN(C(C)(C)C)CC2)c1C=N. The highest BCUT2D eigenvalue weighted by atomic mass is 15.2. The first-order chi connectivity index (χ1) is 18.1. The number of dihydropyridines is 1. The first-order valence-electron chi connectivity index (χ1n) is 14.5. The number of nitrogens with one attached hydrogen (secondary N) is 4. The maximum Gasteiger partial charge on any atom is 0.136 e. The molecule has 4 N–H and O–H groups in total. The van der Waals surface area contributed by atoms with Crippen LogP contribution < -0.4 is 16.0 Å². The van der Waals surface area contributed by atoms with Crippen LogP contribution in [-0.2, 0) is 6.42 Å². The molecule has 0 spiro atoms. The van der Waals surface area contributed by atoms with Crippen LogP contribution in [0.1, 0.15) is 98.4 Å². The van der Waals surface area contributed by atoms with Gasteiger partial charge in [-0.15, -0.1) is 0 Å². The molecule has 0 aliphatic carbocycles. The van der Waals surface area contributed by atoms with Crippen molar-refractivity contribution in [2.24, 2.45) is 0 Å². The molecule has 1 aromatic heterocycles. The molecule has 0 unspecified atom stereocenters. The number of aromatic nitrogens is 1. The summed E-state index contributed by atoms with van der Waals surface area (Å²) in [7, 11) is 0. The molecule has 6 nitrogen and oxygen atoms in total. The summed E-state index contributed by atoms with van der Waals surface area (Å²) in [6.45, 7) is 26.5. The van der Waals surface area contributed by atoms with Gasteiger partial charge in [0.15, 0.2) is 0 Å². The average molecular weight is 531 g/mol. The average Bonchev–Trinajstić information content (AvgIpc) is 2.79. The molecule has 0 saturated carbocycles. The summed E-state index contributed by atoms with van der Waals surface area (Å²) in [5.74, 6) is 0.834. The molecule has 212 valence electrons. The predicted molar refractivity (Wildman–Crippen MR) is 166 cm³/mol. The van der Waals surface area contributed by atoms with E-state index in [0.717, 1.165) is 66.4 Å². The third kappa shape index (κ3) is 6.90. The fourth-order valence-corrected chi connectivity index (χ4v) is 6.59. The number of hydrogen-bond acceptors (Lipinski definition) is 6. The molecular weight excluding hydrogens is 480 g/mol. The Balaban J connectivity index is 1.76. The van der Waals surface area contributed by atoms with E-state index in [1.807, 2.05) is 0 Å². The smallest absolute Gasteiger partial charge is 0.136 e. The Morgan fingerprint density at radius 2 is 1.85 bits per heavy atom. The van der Waals surface area contributed by atoms with Gasteiger partial charge in [0.2, 0.25) is 0 Å². The Morgan fingerprint density at radius 3 is 2.41 bits per heavy atom. The van der Waals surface area contributed by atoms with E-state index in [0.29, 0.717) is 12.5 Å². The molecule has 0 aromatic carbocycles. The van der Waals surface area contributed by atoms with E-state index in [-0.39, 0.29) is 16.6 Å². The minimum Gasteiger partial charge on any atom is -0.367 e. The fourth-order valence-electron chi connectivity index (χ4n) is 6.59. The number of hydrogen-bond donors (Lipinski definition) is 4. The van der Waals surface area contributed by atoms with Gasteiger partial charge in [-0.2, -0.15) is 0 Å². The summed E-state index contributed by atoms with van der Waals surface area (Å²) in [4.78, 5) is 7.79. The normalized spacial score (nSPS) is 22.2. The van der Waals surface area contributed by atoms with Crippen LogP contribution in [0.2, 0.25) is 0 Å². The summed E-state index contributed by atoms with van der Waals surface area (Å²) in [6, 6.07) is 2.56. The van der Waals surface area contributed by atoms with Crippen molar-refractivity contribution in [2.75, 3.05) is 18.4 Å². The first-order valence-corrected chi connectivity index (χ1v) is 14.5. The Bertz CT molecular complexity index is 1230. The second-order valence-corrected chi connectivity index (χ2v) is 14.0. The van der Waals surface area contributed by atoms with E-state index in [9.17, 15) is 0 Å². The van der Waals surface area contributed by atoms with Crippen molar-refractivity contribution in [3.63, 3.8) is 0 Å². The lowest BCUT2D eigenvalue weighted by Crippen LogP contribution is -2.53. The number of pyridine rings is 1. The number of nitrogens with zero attached hydrogens (tertiary/aromatic N) is 2. The molecular formula is C33H50N6. The van der Waals surface area contributed by atoms with Crippen LogP contribution in [0.4, 0.5) is 5.82 Å². The minimum atomic E-state index is -0.129. The van der Waals surface area contributed by atoms with Crippen molar-refractivity contribution in [3.8, 4) is 0 Å². The van der Waals surface area contributed by atoms with Gasteiger partial charge in [-0.1, -0.05) is 12.7 Å². The van der Waals surface area contributed by atoms with Crippen LogP contribution in [0.5, 0.6) is 0 Å². The van der Waals surface area contributed by atoms with E-state index < -0.39 is 0 Å². The Morgan fingerprint density at radius 1 is 1.18 bits per heavy atom. The predicted octanol–water partition coefficient (Wildman–Crippen LogP) is 6.57. The van der Waals surface area contributed by atoms with Gasteiger partial charge in [-0.3, -0.25) is 4.90 Å². The van der Waals surface area contributed by atoms with E-state index in [2.05, 4.69) is 108 Å². The molecule has 6 heteroatoms. The number of allylic oxidation sites excluding steroid dienone is 4. The van der Waals surface area contributed by atoms with Gasteiger partial charge in [0, 0.05) is 65.3 Å². The molecule has 3 aliphatic heterocycles. The van der Waals surface area contributed by atoms with E-state index in [4.69, 9.17) is 10.4 Å². The van der Waals surface area contributed by atoms with Crippen molar-refractivity contribution < 1.29 is 0 Å². The van der Waals surface area contributed by atoms with E-state index in [1.165, 1.54) is 22.9 Å². The highest BCUT2D eigenvalue weighted by molar-refractivity contribution is 5.88. The van der Waals surface area contributed by atoms with E-state index >= 15 is 0 Å². The molecule has 4 heterocycles. The summed E-state index contributed by atoms with van der Waals surface area (Å²) in [5, 5.41) is 19.4. The number of piperidine rings is 1. The lowest BCUT2D eigenvalue weighted by molar-refractivity contribution is 0.106. The van der Waals surface area contributed by atoms with Gasteiger partial charge in [0.1, 0.15) is 5.82 Å². The summed E-state index contributed by atoms with van der Waals surface area (Å²) < 4.78 is 0. The zero-order chi connectivity index (χ0) is 28.8. The topological polar surface area (TPSA) is 76.1 Å². The van der Waals surface area contributed by atoms with Crippen LogP contribution in [0.25, 0.3) is 5.57 Å². The highest BCUT2D eigenvalue weighted by Crippen LogP contribution is 2.36. The maximum absolute atomic E-state index is 8.44. The van der Waals surface area contributed by atoms with Gasteiger partial charge in [0.05, 0.1) is 5.69 Å². The van der Waals surface area contributed by atoms with Crippen molar-refractivity contribution in [1.29, 1.82) is 5.41 Å². The molecule has 1 aromatic rings. The Kier molecular flexibility index (Phi) is 8.04. The molecule has 4 rings (SSSR count). The molecule has 1 fully saturated rings. The Labute approximate surface area is 236 Å². The van der Waals surface area contributed by atoms with Gasteiger partial charge in [0.25, 0.3) is 0 Å². The monoisotopic (exact) mass is 530 g/mol. The summed E-state index contributed by atoms with van der Waals surface area (Å²) >= 11 is 0. The first kappa shape index (κ1) is 29.3. The molecule has 39 heavy (non-hydrogen) atoms. The van der Waals surface area contributed by atoms with Crippen molar-refractivity contribution >= 4 is 17.6 Å². The van der Waals surface area contributed by atoms with Gasteiger partial charge in [-0.25, -0.2) is 4.98 Å². The van der Waals surface area contributed by atoms with Crippen LogP contribution in [-0.4, -0.2) is 51.8 Å². The summed E-state index contributed by atoms with van der Waals surface area (Å²) in [6.07, 6.45) is 9.73. The zero-order valence-corrected chi connectivity index (χ0v) is 25.7. The molecule has 3 aliphatic rings. The second-order valence-electron chi connectivity index (χ2n) is 14.0. The number of likely N-dealkylation sites (tertiary alicyclic amines) is 1. The molecule has 1 saturated heterocycles. The largest absolute Gasteiger partial charge is 0.367 e. The van der Waals surface area contributed by atoms with E-state index in [1.54, 1.807) is 0 Å². The molecule has 0 bridgehead atoms. The van der Waals surface area contributed by atoms with Crippen molar-refractivity contribution in [3.05, 3.63) is 64.2 Å². The quantitative estimate of drug-likeness (QED) is 0.313.